The summed E-state index contributed by atoms with van der Waals surface area (Å²) in [5, 5.41) is 11.4. The molecule has 0 heterocycles. The monoisotopic (exact) mass is 288 g/mol. The van der Waals surface area contributed by atoms with Crippen molar-refractivity contribution in [2.45, 2.75) is 19.3 Å². The van der Waals surface area contributed by atoms with E-state index in [0.717, 1.165) is 18.2 Å². The van der Waals surface area contributed by atoms with E-state index in [4.69, 9.17) is 5.11 Å². The third-order valence-corrected chi connectivity index (χ3v) is 3.68. The van der Waals surface area contributed by atoms with Gasteiger partial charge in [-0.15, -0.1) is 0 Å². The molecule has 0 radical (unpaired) electrons. The number of carbonyl (C=O) groups excluding carboxylic acids is 1. The Kier molecular flexibility index (Phi) is 4.98. The molecular formula is C16H20N2O3. The first-order chi connectivity index (χ1) is 10.0. The molecule has 1 saturated carbocycles. The lowest BCUT2D eigenvalue weighted by atomic mass is 9.85. The van der Waals surface area contributed by atoms with Gasteiger partial charge >= 0.3 is 12.0 Å². The second-order valence-corrected chi connectivity index (χ2v) is 5.40. The van der Waals surface area contributed by atoms with Gasteiger partial charge in [0.2, 0.25) is 0 Å². The third-order valence-electron chi connectivity index (χ3n) is 3.68. The third kappa shape index (κ3) is 4.63. The SMILES string of the molecule is CN(CC1CCC1)C(=O)Nc1ccc(C=CC(=O)O)cc1. The van der Waals surface area contributed by atoms with Crippen LogP contribution >= 0.6 is 0 Å². The minimum Gasteiger partial charge on any atom is -0.478 e. The average Bonchev–Trinajstić information content (AvgIpc) is 2.41. The zero-order valence-electron chi connectivity index (χ0n) is 12.1. The fourth-order valence-electron chi connectivity index (χ4n) is 2.21. The zero-order valence-corrected chi connectivity index (χ0v) is 12.1. The molecule has 0 bridgehead atoms. The number of rotatable bonds is 5. The van der Waals surface area contributed by atoms with E-state index in [1.54, 1.807) is 36.2 Å². The molecule has 2 N–H and O–H groups in total. The van der Waals surface area contributed by atoms with Crippen LogP contribution in [0.1, 0.15) is 24.8 Å². The number of hydrogen-bond donors (Lipinski definition) is 2. The van der Waals surface area contributed by atoms with Crippen molar-refractivity contribution in [1.82, 2.24) is 4.90 Å². The van der Waals surface area contributed by atoms with Gasteiger partial charge in [-0.2, -0.15) is 0 Å². The summed E-state index contributed by atoms with van der Waals surface area (Å²) >= 11 is 0. The molecule has 1 aliphatic rings. The number of carbonyl (C=O) groups is 2. The first-order valence-electron chi connectivity index (χ1n) is 7.08. The molecule has 0 aromatic heterocycles. The van der Waals surface area contributed by atoms with Crippen molar-refractivity contribution < 1.29 is 14.7 Å². The molecule has 112 valence electrons. The van der Waals surface area contributed by atoms with Crippen LogP contribution in [-0.2, 0) is 4.79 Å². The second kappa shape index (κ2) is 6.92. The normalized spacial score (nSPS) is 14.7. The van der Waals surface area contributed by atoms with Crippen LogP contribution in [0.4, 0.5) is 10.5 Å². The van der Waals surface area contributed by atoms with Crippen LogP contribution in [0.2, 0.25) is 0 Å². The molecule has 0 spiro atoms. The molecule has 5 nitrogen and oxygen atoms in total. The maximum absolute atomic E-state index is 12.0. The fourth-order valence-corrected chi connectivity index (χ4v) is 2.21. The van der Waals surface area contributed by atoms with Crippen molar-refractivity contribution in [3.8, 4) is 0 Å². The van der Waals surface area contributed by atoms with Gasteiger partial charge < -0.3 is 15.3 Å². The van der Waals surface area contributed by atoms with Crippen molar-refractivity contribution in [2.24, 2.45) is 5.92 Å². The van der Waals surface area contributed by atoms with E-state index >= 15 is 0 Å². The van der Waals surface area contributed by atoms with E-state index in [0.29, 0.717) is 11.6 Å². The number of anilines is 1. The number of aliphatic carboxylic acids is 1. The van der Waals surface area contributed by atoms with Crippen LogP contribution in [0, 0.1) is 5.92 Å². The highest BCUT2D eigenvalue weighted by Gasteiger charge is 2.21. The Labute approximate surface area is 124 Å². The number of carboxylic acids is 1. The molecule has 0 saturated heterocycles. The maximum atomic E-state index is 12.0. The number of nitrogens with zero attached hydrogens (tertiary/aromatic N) is 1. The number of amides is 2. The lowest BCUT2D eigenvalue weighted by Gasteiger charge is -2.30. The molecule has 1 aromatic rings. The quantitative estimate of drug-likeness (QED) is 0.818. The van der Waals surface area contributed by atoms with Crippen molar-refractivity contribution in [3.05, 3.63) is 35.9 Å². The largest absolute Gasteiger partial charge is 0.478 e. The van der Waals surface area contributed by atoms with E-state index in [1.807, 2.05) is 0 Å². The highest BCUT2D eigenvalue weighted by atomic mass is 16.4. The van der Waals surface area contributed by atoms with Crippen molar-refractivity contribution in [3.63, 3.8) is 0 Å². The summed E-state index contributed by atoms with van der Waals surface area (Å²) in [6.45, 7) is 0.797. The van der Waals surface area contributed by atoms with Crippen LogP contribution in [0.25, 0.3) is 6.08 Å². The fraction of sp³-hybridized carbons (Fsp3) is 0.375. The van der Waals surface area contributed by atoms with Gasteiger partial charge in [0, 0.05) is 25.4 Å². The molecule has 1 fully saturated rings. The number of benzene rings is 1. The lowest BCUT2D eigenvalue weighted by Crippen LogP contribution is -2.37. The average molecular weight is 288 g/mol. The smallest absolute Gasteiger partial charge is 0.328 e. The van der Waals surface area contributed by atoms with Gasteiger partial charge in [-0.1, -0.05) is 18.6 Å². The summed E-state index contributed by atoms with van der Waals surface area (Å²) in [6.07, 6.45) is 6.28. The van der Waals surface area contributed by atoms with Crippen molar-refractivity contribution in [1.29, 1.82) is 0 Å². The van der Waals surface area contributed by atoms with E-state index in [1.165, 1.54) is 25.3 Å². The molecule has 1 aromatic carbocycles. The van der Waals surface area contributed by atoms with Crippen LogP contribution in [0.5, 0.6) is 0 Å². The summed E-state index contributed by atoms with van der Waals surface area (Å²) in [5.74, 6) is -0.339. The Hall–Kier alpha value is -2.30. The molecule has 21 heavy (non-hydrogen) atoms. The topological polar surface area (TPSA) is 69.6 Å². The Balaban J connectivity index is 1.86. The van der Waals surface area contributed by atoms with Gasteiger partial charge in [0.15, 0.2) is 0 Å². The van der Waals surface area contributed by atoms with Crippen molar-refractivity contribution in [2.75, 3.05) is 18.9 Å². The Morgan fingerprint density at radius 2 is 2.00 bits per heavy atom. The van der Waals surface area contributed by atoms with Gasteiger partial charge in [0.25, 0.3) is 0 Å². The molecule has 2 amide bonds. The van der Waals surface area contributed by atoms with Crippen LogP contribution in [-0.4, -0.2) is 35.6 Å². The summed E-state index contributed by atoms with van der Waals surface area (Å²) in [4.78, 5) is 24.1. The van der Waals surface area contributed by atoms with Gasteiger partial charge in [-0.25, -0.2) is 9.59 Å². The lowest BCUT2D eigenvalue weighted by molar-refractivity contribution is -0.131. The summed E-state index contributed by atoms with van der Waals surface area (Å²) in [5.41, 5.74) is 1.48. The standard InChI is InChI=1S/C16H20N2O3/c1-18(11-13-3-2-4-13)16(21)17-14-8-5-12(6-9-14)7-10-15(19)20/h5-10,13H,2-4,11H2,1H3,(H,17,21)(H,19,20). The van der Waals surface area contributed by atoms with E-state index in [9.17, 15) is 9.59 Å². The van der Waals surface area contributed by atoms with Crippen LogP contribution in [0.3, 0.4) is 0 Å². The minimum absolute atomic E-state index is 0.115. The summed E-state index contributed by atoms with van der Waals surface area (Å²) < 4.78 is 0. The van der Waals surface area contributed by atoms with Gasteiger partial charge in [-0.05, 0) is 42.5 Å². The molecule has 0 atom stereocenters. The zero-order chi connectivity index (χ0) is 15.2. The molecular weight excluding hydrogens is 268 g/mol. The number of carboxylic acid groups (broad SMARTS) is 1. The highest BCUT2D eigenvalue weighted by Crippen LogP contribution is 2.26. The van der Waals surface area contributed by atoms with Gasteiger partial charge in [0.1, 0.15) is 0 Å². The number of urea groups is 1. The summed E-state index contributed by atoms with van der Waals surface area (Å²) in [7, 11) is 1.80. The second-order valence-electron chi connectivity index (χ2n) is 5.40. The van der Waals surface area contributed by atoms with Crippen LogP contribution in [0.15, 0.2) is 30.3 Å². The maximum Gasteiger partial charge on any atom is 0.328 e. The van der Waals surface area contributed by atoms with E-state index in [-0.39, 0.29) is 6.03 Å². The summed E-state index contributed by atoms with van der Waals surface area (Å²) in [6, 6.07) is 6.94. The van der Waals surface area contributed by atoms with Gasteiger partial charge in [-0.3, -0.25) is 0 Å². The highest BCUT2D eigenvalue weighted by molar-refractivity contribution is 5.89. The predicted octanol–water partition coefficient (Wildman–Crippen LogP) is 3.05. The minimum atomic E-state index is -0.981. The predicted molar refractivity (Wildman–Crippen MR) is 82.1 cm³/mol. The first kappa shape index (κ1) is 15.1. The Bertz CT molecular complexity index is 533. The van der Waals surface area contributed by atoms with Crippen molar-refractivity contribution >= 4 is 23.8 Å². The molecule has 2 rings (SSSR count). The first-order valence-corrected chi connectivity index (χ1v) is 7.08. The van der Waals surface area contributed by atoms with E-state index < -0.39 is 5.97 Å². The Morgan fingerprint density at radius 3 is 2.52 bits per heavy atom. The van der Waals surface area contributed by atoms with Crippen LogP contribution < -0.4 is 5.32 Å². The van der Waals surface area contributed by atoms with E-state index in [2.05, 4.69) is 5.32 Å². The Morgan fingerprint density at radius 1 is 1.33 bits per heavy atom. The molecule has 5 heteroatoms. The number of hydrogen-bond acceptors (Lipinski definition) is 2. The van der Waals surface area contributed by atoms with Gasteiger partial charge in [0.05, 0.1) is 0 Å². The molecule has 1 aliphatic carbocycles. The number of nitrogens with one attached hydrogen (secondary N) is 1. The molecule has 0 aliphatic heterocycles. The molecule has 0 unspecified atom stereocenters.